The summed E-state index contributed by atoms with van der Waals surface area (Å²) >= 11 is 5.90. The van der Waals surface area contributed by atoms with Gasteiger partial charge >= 0.3 is 0 Å². The summed E-state index contributed by atoms with van der Waals surface area (Å²) < 4.78 is 12.0. The van der Waals surface area contributed by atoms with Crippen LogP contribution in [0.2, 0.25) is 5.02 Å². The second-order valence-corrected chi connectivity index (χ2v) is 5.18. The Morgan fingerprint density at radius 2 is 1.90 bits per heavy atom. The molecule has 0 amide bonds. The fourth-order valence-corrected chi connectivity index (χ4v) is 2.52. The van der Waals surface area contributed by atoms with Gasteiger partial charge < -0.3 is 14.8 Å². The molecule has 0 radical (unpaired) electrons. The largest absolute Gasteiger partial charge is 0.484 e. The first kappa shape index (κ1) is 13.3. The van der Waals surface area contributed by atoms with Gasteiger partial charge in [-0.2, -0.15) is 0 Å². The van der Waals surface area contributed by atoms with Gasteiger partial charge in [0.25, 0.3) is 0 Å². The van der Waals surface area contributed by atoms with E-state index in [2.05, 4.69) is 5.32 Å². The molecule has 0 bridgehead atoms. The Hall–Kier alpha value is -1.71. The molecule has 2 aromatic rings. The molecule has 1 N–H and O–H groups in total. The highest BCUT2D eigenvalue weighted by Crippen LogP contribution is 2.39. The average Bonchev–Trinajstić information content (AvgIpc) is 2.80. The van der Waals surface area contributed by atoms with Crippen molar-refractivity contribution in [3.8, 4) is 11.5 Å². The monoisotopic (exact) mass is 289 g/mol. The number of halogens is 1. The number of nitrogens with one attached hydrogen (secondary N) is 1. The topological polar surface area (TPSA) is 30.5 Å². The summed E-state index contributed by atoms with van der Waals surface area (Å²) in [6.07, 6.45) is -0.145. The lowest BCUT2D eigenvalue weighted by molar-refractivity contribution is 0.0871. The van der Waals surface area contributed by atoms with Crippen molar-refractivity contribution in [1.29, 1.82) is 0 Å². The fraction of sp³-hybridized carbons (Fsp3) is 0.250. The molecular weight excluding hydrogens is 274 g/mol. The van der Waals surface area contributed by atoms with Crippen LogP contribution in [0, 0.1) is 0 Å². The number of hydrogen-bond acceptors (Lipinski definition) is 3. The molecular formula is C16H16ClNO2. The van der Waals surface area contributed by atoms with Crippen molar-refractivity contribution >= 4 is 11.6 Å². The quantitative estimate of drug-likeness (QED) is 0.935. The van der Waals surface area contributed by atoms with Crippen molar-refractivity contribution in [3.05, 3.63) is 59.1 Å². The van der Waals surface area contributed by atoms with Crippen molar-refractivity contribution in [2.24, 2.45) is 0 Å². The Balaban J connectivity index is 1.86. The first-order chi connectivity index (χ1) is 9.78. The maximum Gasteiger partial charge on any atom is 0.165 e. The van der Waals surface area contributed by atoms with Crippen LogP contribution >= 0.6 is 11.6 Å². The van der Waals surface area contributed by atoms with E-state index in [1.807, 2.05) is 55.6 Å². The molecule has 104 valence electrons. The fourth-order valence-electron chi connectivity index (χ4n) is 2.40. The van der Waals surface area contributed by atoms with E-state index in [0.717, 1.165) is 23.6 Å². The Labute approximate surface area is 123 Å². The number of fused-ring (bicyclic) bond motifs is 1. The Kier molecular flexibility index (Phi) is 3.81. The van der Waals surface area contributed by atoms with Crippen molar-refractivity contribution < 1.29 is 9.47 Å². The van der Waals surface area contributed by atoms with Crippen LogP contribution in [0.5, 0.6) is 11.5 Å². The molecule has 2 atom stereocenters. The number of para-hydroxylation sites is 1. The summed E-state index contributed by atoms with van der Waals surface area (Å²) in [5.74, 6) is 1.69. The summed E-state index contributed by atoms with van der Waals surface area (Å²) in [7, 11) is 1.91. The van der Waals surface area contributed by atoms with Crippen LogP contribution in [-0.4, -0.2) is 19.7 Å². The van der Waals surface area contributed by atoms with Crippen molar-refractivity contribution in [2.75, 3.05) is 13.6 Å². The van der Waals surface area contributed by atoms with Crippen LogP contribution in [0.25, 0.3) is 0 Å². The number of benzene rings is 2. The first-order valence-corrected chi connectivity index (χ1v) is 6.98. The number of likely N-dealkylation sites (N-methyl/N-ethyl adjacent to an activating group) is 1. The molecule has 0 fully saturated rings. The average molecular weight is 290 g/mol. The smallest absolute Gasteiger partial charge is 0.165 e. The second kappa shape index (κ2) is 5.73. The minimum atomic E-state index is -0.111. The van der Waals surface area contributed by atoms with Crippen molar-refractivity contribution in [2.45, 2.75) is 12.2 Å². The van der Waals surface area contributed by atoms with Gasteiger partial charge in [0.05, 0.1) is 0 Å². The van der Waals surface area contributed by atoms with Gasteiger partial charge in [-0.15, -0.1) is 0 Å². The standard InChI is InChI=1S/C16H16ClNO2/c1-18-10-15-16(13-4-2-3-5-14(13)20-15)19-12-8-6-11(17)7-9-12/h2-9,15-16,18H,10H2,1H3/t15-,16-/m1/s1. The molecule has 3 rings (SSSR count). The molecule has 0 spiro atoms. The lowest BCUT2D eigenvalue weighted by Crippen LogP contribution is -2.33. The molecule has 0 saturated carbocycles. The molecule has 0 unspecified atom stereocenters. The van der Waals surface area contributed by atoms with Crippen LogP contribution in [0.1, 0.15) is 11.7 Å². The van der Waals surface area contributed by atoms with E-state index in [1.54, 1.807) is 0 Å². The van der Waals surface area contributed by atoms with E-state index in [-0.39, 0.29) is 12.2 Å². The maximum absolute atomic E-state index is 6.10. The van der Waals surface area contributed by atoms with E-state index in [4.69, 9.17) is 21.1 Å². The Morgan fingerprint density at radius 1 is 1.15 bits per heavy atom. The highest BCUT2D eigenvalue weighted by molar-refractivity contribution is 6.30. The predicted octanol–water partition coefficient (Wildman–Crippen LogP) is 3.44. The Bertz CT molecular complexity index is 585. The third-order valence-corrected chi connectivity index (χ3v) is 3.58. The van der Waals surface area contributed by atoms with Crippen molar-refractivity contribution in [3.63, 3.8) is 0 Å². The number of rotatable bonds is 4. The first-order valence-electron chi connectivity index (χ1n) is 6.60. The van der Waals surface area contributed by atoms with Gasteiger partial charge in [0.15, 0.2) is 12.2 Å². The van der Waals surface area contributed by atoms with E-state index in [1.165, 1.54) is 0 Å². The van der Waals surface area contributed by atoms with Crippen LogP contribution in [0.4, 0.5) is 0 Å². The van der Waals surface area contributed by atoms with Gasteiger partial charge in [0.1, 0.15) is 11.5 Å². The van der Waals surface area contributed by atoms with Gasteiger partial charge in [0.2, 0.25) is 0 Å². The van der Waals surface area contributed by atoms with Gasteiger partial charge in [-0.05, 0) is 37.4 Å². The van der Waals surface area contributed by atoms with Crippen LogP contribution in [0.3, 0.4) is 0 Å². The predicted molar refractivity (Wildman–Crippen MR) is 79.6 cm³/mol. The second-order valence-electron chi connectivity index (χ2n) is 4.74. The SMILES string of the molecule is CNC[C@H]1Oc2ccccc2[C@H]1Oc1ccc(Cl)cc1. The minimum absolute atomic E-state index is 0.0342. The Morgan fingerprint density at radius 3 is 2.65 bits per heavy atom. The lowest BCUT2D eigenvalue weighted by atomic mass is 10.1. The zero-order chi connectivity index (χ0) is 13.9. The summed E-state index contributed by atoms with van der Waals surface area (Å²) in [6.45, 7) is 0.729. The van der Waals surface area contributed by atoms with E-state index in [0.29, 0.717) is 5.02 Å². The summed E-state index contributed by atoms with van der Waals surface area (Å²) in [5.41, 5.74) is 1.09. The van der Waals surface area contributed by atoms with Gasteiger partial charge in [0, 0.05) is 17.1 Å². The van der Waals surface area contributed by atoms with Crippen molar-refractivity contribution in [1.82, 2.24) is 5.32 Å². The molecule has 0 saturated heterocycles. The molecule has 0 aliphatic carbocycles. The van der Waals surface area contributed by atoms with Gasteiger partial charge in [-0.1, -0.05) is 29.8 Å². The van der Waals surface area contributed by atoms with E-state index < -0.39 is 0 Å². The van der Waals surface area contributed by atoms with Gasteiger partial charge in [-0.3, -0.25) is 0 Å². The molecule has 4 heteroatoms. The zero-order valence-corrected chi connectivity index (χ0v) is 11.9. The van der Waals surface area contributed by atoms with E-state index >= 15 is 0 Å². The summed E-state index contributed by atoms with van der Waals surface area (Å²) in [4.78, 5) is 0. The number of ether oxygens (including phenoxy) is 2. The highest BCUT2D eigenvalue weighted by atomic mass is 35.5. The third kappa shape index (κ3) is 2.60. The summed E-state index contributed by atoms with van der Waals surface area (Å²) in [5, 5.41) is 3.84. The van der Waals surface area contributed by atoms with E-state index in [9.17, 15) is 0 Å². The molecule has 2 aromatic carbocycles. The van der Waals surface area contributed by atoms with Gasteiger partial charge in [-0.25, -0.2) is 0 Å². The highest BCUT2D eigenvalue weighted by Gasteiger charge is 2.35. The third-order valence-electron chi connectivity index (χ3n) is 3.32. The molecule has 1 heterocycles. The van der Waals surface area contributed by atoms with Crippen LogP contribution in [0.15, 0.2) is 48.5 Å². The maximum atomic E-state index is 6.10. The molecule has 1 aliphatic heterocycles. The molecule has 20 heavy (non-hydrogen) atoms. The minimum Gasteiger partial charge on any atom is -0.484 e. The molecule has 0 aromatic heterocycles. The number of hydrogen-bond donors (Lipinski definition) is 1. The molecule has 1 aliphatic rings. The molecule has 3 nitrogen and oxygen atoms in total. The lowest BCUT2D eigenvalue weighted by Gasteiger charge is -2.20. The normalized spacial score (nSPS) is 20.3. The van der Waals surface area contributed by atoms with Crippen LogP contribution < -0.4 is 14.8 Å². The summed E-state index contributed by atoms with van der Waals surface area (Å²) in [6, 6.07) is 15.4. The van der Waals surface area contributed by atoms with Crippen LogP contribution in [-0.2, 0) is 0 Å². The zero-order valence-electron chi connectivity index (χ0n) is 11.2.